The van der Waals surface area contributed by atoms with Gasteiger partial charge < -0.3 is 10.5 Å². The van der Waals surface area contributed by atoms with Crippen molar-refractivity contribution in [3.05, 3.63) is 15.9 Å². The zero-order valence-electron chi connectivity index (χ0n) is 9.03. The smallest absolute Gasteiger partial charge is 0.0900 e. The number of aromatic nitrogens is 2. The van der Waals surface area contributed by atoms with Crippen LogP contribution in [0.4, 0.5) is 0 Å². The SMILES string of the molecule is Cc1nn(C)c(COC2CC(N)C2)c1Br. The summed E-state index contributed by atoms with van der Waals surface area (Å²) in [5, 5.41) is 4.31. The maximum atomic E-state index is 5.74. The molecule has 1 aliphatic carbocycles. The molecule has 0 bridgehead atoms. The van der Waals surface area contributed by atoms with Crippen LogP contribution in [-0.4, -0.2) is 21.9 Å². The quantitative estimate of drug-likeness (QED) is 0.908. The number of hydrogen-bond donors (Lipinski definition) is 1. The van der Waals surface area contributed by atoms with Gasteiger partial charge in [-0.25, -0.2) is 0 Å². The van der Waals surface area contributed by atoms with Gasteiger partial charge in [0.1, 0.15) is 0 Å². The van der Waals surface area contributed by atoms with Crippen LogP contribution in [0.15, 0.2) is 4.47 Å². The number of nitrogens with two attached hydrogens (primary N) is 1. The average molecular weight is 274 g/mol. The largest absolute Gasteiger partial charge is 0.372 e. The lowest BCUT2D eigenvalue weighted by Crippen LogP contribution is -2.41. The summed E-state index contributed by atoms with van der Waals surface area (Å²) in [6.07, 6.45) is 2.30. The zero-order valence-corrected chi connectivity index (χ0v) is 10.6. The molecule has 2 N–H and O–H groups in total. The minimum Gasteiger partial charge on any atom is -0.372 e. The number of nitrogens with zero attached hydrogens (tertiary/aromatic N) is 2. The lowest BCUT2D eigenvalue weighted by Gasteiger charge is -2.32. The Kier molecular flexibility index (Phi) is 3.13. The molecule has 2 rings (SSSR count). The highest BCUT2D eigenvalue weighted by atomic mass is 79.9. The van der Waals surface area contributed by atoms with E-state index < -0.39 is 0 Å². The monoisotopic (exact) mass is 273 g/mol. The standard InChI is InChI=1S/C10H16BrN3O/c1-6-10(11)9(14(2)13-6)5-15-8-3-7(12)4-8/h7-8H,3-5,12H2,1-2H3. The number of aryl methyl sites for hydroxylation is 2. The van der Waals surface area contributed by atoms with Crippen LogP contribution in [0.3, 0.4) is 0 Å². The van der Waals surface area contributed by atoms with E-state index in [1.54, 1.807) is 0 Å². The summed E-state index contributed by atoms with van der Waals surface area (Å²) >= 11 is 3.51. The summed E-state index contributed by atoms with van der Waals surface area (Å²) in [7, 11) is 1.93. The Labute approximate surface area is 97.9 Å². The van der Waals surface area contributed by atoms with Gasteiger partial charge in [0.05, 0.1) is 28.6 Å². The van der Waals surface area contributed by atoms with E-state index >= 15 is 0 Å². The number of hydrogen-bond acceptors (Lipinski definition) is 3. The molecule has 0 spiro atoms. The maximum absolute atomic E-state index is 5.74. The van der Waals surface area contributed by atoms with E-state index in [4.69, 9.17) is 10.5 Å². The molecule has 0 amide bonds. The topological polar surface area (TPSA) is 53.1 Å². The van der Waals surface area contributed by atoms with Crippen molar-refractivity contribution in [3.63, 3.8) is 0 Å². The predicted octanol–water partition coefficient (Wildman–Crippen LogP) is 1.50. The Balaban J connectivity index is 1.93. The Morgan fingerprint density at radius 2 is 2.27 bits per heavy atom. The molecule has 1 aliphatic rings. The van der Waals surface area contributed by atoms with Crippen LogP contribution < -0.4 is 5.73 Å². The second kappa shape index (κ2) is 4.23. The summed E-state index contributed by atoms with van der Waals surface area (Å²) < 4.78 is 8.65. The van der Waals surface area contributed by atoms with E-state index in [1.165, 1.54) is 0 Å². The first-order valence-corrected chi connectivity index (χ1v) is 5.92. The van der Waals surface area contributed by atoms with Gasteiger partial charge in [-0.3, -0.25) is 4.68 Å². The third-order valence-corrected chi connectivity index (χ3v) is 3.88. The summed E-state index contributed by atoms with van der Waals surface area (Å²) in [5.41, 5.74) is 7.79. The van der Waals surface area contributed by atoms with Crippen molar-refractivity contribution in [2.45, 2.75) is 38.5 Å². The molecule has 5 heteroatoms. The molecular weight excluding hydrogens is 258 g/mol. The fourth-order valence-electron chi connectivity index (χ4n) is 1.78. The first-order chi connectivity index (χ1) is 7.08. The van der Waals surface area contributed by atoms with Gasteiger partial charge in [0.25, 0.3) is 0 Å². The summed E-state index contributed by atoms with van der Waals surface area (Å²) in [5.74, 6) is 0. The number of rotatable bonds is 3. The van der Waals surface area contributed by atoms with Crippen LogP contribution in [0.25, 0.3) is 0 Å². The van der Waals surface area contributed by atoms with Crippen molar-refractivity contribution in [2.24, 2.45) is 12.8 Å². The van der Waals surface area contributed by atoms with Crippen LogP contribution in [0.5, 0.6) is 0 Å². The van der Waals surface area contributed by atoms with Gasteiger partial charge in [0, 0.05) is 13.1 Å². The lowest BCUT2D eigenvalue weighted by atomic mass is 9.90. The minimum atomic E-state index is 0.335. The molecule has 84 valence electrons. The number of halogens is 1. The molecule has 4 nitrogen and oxygen atoms in total. The molecule has 0 aromatic carbocycles. The molecule has 1 heterocycles. The summed E-state index contributed by atoms with van der Waals surface area (Å²) in [4.78, 5) is 0. The minimum absolute atomic E-state index is 0.335. The highest BCUT2D eigenvalue weighted by molar-refractivity contribution is 9.10. The van der Waals surface area contributed by atoms with E-state index in [0.29, 0.717) is 18.8 Å². The molecule has 0 saturated heterocycles. The van der Waals surface area contributed by atoms with Gasteiger partial charge in [-0.15, -0.1) is 0 Å². The van der Waals surface area contributed by atoms with Crippen molar-refractivity contribution in [1.82, 2.24) is 9.78 Å². The highest BCUT2D eigenvalue weighted by Crippen LogP contribution is 2.25. The second-order valence-electron chi connectivity index (χ2n) is 4.13. The molecule has 15 heavy (non-hydrogen) atoms. The predicted molar refractivity (Wildman–Crippen MR) is 61.4 cm³/mol. The highest BCUT2D eigenvalue weighted by Gasteiger charge is 2.27. The van der Waals surface area contributed by atoms with Crippen molar-refractivity contribution >= 4 is 15.9 Å². The summed E-state index contributed by atoms with van der Waals surface area (Å²) in [6, 6.07) is 0.340. The third kappa shape index (κ3) is 2.24. The molecular formula is C10H16BrN3O. The second-order valence-corrected chi connectivity index (χ2v) is 4.93. The van der Waals surface area contributed by atoms with E-state index in [9.17, 15) is 0 Å². The lowest BCUT2D eigenvalue weighted by molar-refractivity contribution is -0.0214. The molecule has 0 unspecified atom stereocenters. The maximum Gasteiger partial charge on any atom is 0.0900 e. The Hall–Kier alpha value is -0.390. The van der Waals surface area contributed by atoms with Gasteiger partial charge in [0.2, 0.25) is 0 Å². The van der Waals surface area contributed by atoms with E-state index in [0.717, 1.165) is 28.7 Å². The molecule has 1 fully saturated rings. The third-order valence-electron chi connectivity index (χ3n) is 2.85. The Bertz CT molecular complexity index is 358. The van der Waals surface area contributed by atoms with Gasteiger partial charge in [-0.1, -0.05) is 0 Å². The van der Waals surface area contributed by atoms with Crippen molar-refractivity contribution < 1.29 is 4.74 Å². The Morgan fingerprint density at radius 3 is 2.73 bits per heavy atom. The normalized spacial score (nSPS) is 25.3. The van der Waals surface area contributed by atoms with Crippen molar-refractivity contribution in [3.8, 4) is 0 Å². The molecule has 1 aromatic rings. The zero-order chi connectivity index (χ0) is 11.0. The van der Waals surface area contributed by atoms with Gasteiger partial charge in [-0.2, -0.15) is 5.10 Å². The van der Waals surface area contributed by atoms with Crippen LogP contribution in [0.2, 0.25) is 0 Å². The van der Waals surface area contributed by atoms with E-state index in [1.807, 2.05) is 18.7 Å². The van der Waals surface area contributed by atoms with Crippen molar-refractivity contribution in [2.75, 3.05) is 0 Å². The average Bonchev–Trinajstić information content (AvgIpc) is 2.36. The van der Waals surface area contributed by atoms with Gasteiger partial charge >= 0.3 is 0 Å². The number of ether oxygens (including phenoxy) is 1. The van der Waals surface area contributed by atoms with Gasteiger partial charge in [0.15, 0.2) is 0 Å². The fraction of sp³-hybridized carbons (Fsp3) is 0.700. The fourth-order valence-corrected chi connectivity index (χ4v) is 2.23. The molecule has 0 atom stereocenters. The van der Waals surface area contributed by atoms with E-state index in [-0.39, 0.29) is 0 Å². The Morgan fingerprint density at radius 1 is 1.60 bits per heavy atom. The van der Waals surface area contributed by atoms with E-state index in [2.05, 4.69) is 21.0 Å². The first kappa shape index (κ1) is 11.1. The van der Waals surface area contributed by atoms with Crippen LogP contribution in [0, 0.1) is 6.92 Å². The molecule has 1 saturated carbocycles. The first-order valence-electron chi connectivity index (χ1n) is 5.13. The molecule has 1 aromatic heterocycles. The van der Waals surface area contributed by atoms with Gasteiger partial charge in [-0.05, 0) is 35.7 Å². The van der Waals surface area contributed by atoms with Crippen LogP contribution in [-0.2, 0) is 18.4 Å². The molecule has 0 aliphatic heterocycles. The summed E-state index contributed by atoms with van der Waals surface area (Å²) in [6.45, 7) is 2.59. The van der Waals surface area contributed by atoms with Crippen molar-refractivity contribution in [1.29, 1.82) is 0 Å². The van der Waals surface area contributed by atoms with Crippen LogP contribution in [0.1, 0.15) is 24.2 Å². The van der Waals surface area contributed by atoms with Crippen LogP contribution >= 0.6 is 15.9 Å². The molecule has 0 radical (unpaired) electrons.